The molecule has 1 aliphatic rings. The molecule has 142 valence electrons. The summed E-state index contributed by atoms with van der Waals surface area (Å²) < 4.78 is 16.0. The summed E-state index contributed by atoms with van der Waals surface area (Å²) in [5, 5.41) is 4.39. The van der Waals surface area contributed by atoms with Gasteiger partial charge in [-0.2, -0.15) is 4.98 Å². The Balaban J connectivity index is 1.79. The van der Waals surface area contributed by atoms with Gasteiger partial charge in [-0.05, 0) is 31.9 Å². The van der Waals surface area contributed by atoms with E-state index in [1.54, 1.807) is 13.2 Å². The van der Waals surface area contributed by atoms with Gasteiger partial charge in [-0.1, -0.05) is 24.4 Å². The largest absolute Gasteiger partial charge is 0.467 e. The lowest BCUT2D eigenvalue weighted by atomic mass is 9.94. The first-order valence-corrected chi connectivity index (χ1v) is 9.34. The number of hydrogen-bond acceptors (Lipinski definition) is 8. The summed E-state index contributed by atoms with van der Waals surface area (Å²) in [6.45, 7) is 2.56. The lowest BCUT2D eigenvalue weighted by Crippen LogP contribution is -2.37. The average molecular weight is 370 g/mol. The Morgan fingerprint density at radius 3 is 2.89 bits per heavy atom. The van der Waals surface area contributed by atoms with Crippen LogP contribution in [0.1, 0.15) is 55.3 Å². The Morgan fingerprint density at radius 1 is 1.30 bits per heavy atom. The number of ether oxygens (including phenoxy) is 1. The van der Waals surface area contributed by atoms with Crippen LogP contribution in [0.25, 0.3) is 11.1 Å². The molecule has 0 spiro atoms. The number of aromatic nitrogens is 3. The second kappa shape index (κ2) is 7.77. The van der Waals surface area contributed by atoms with E-state index < -0.39 is 5.97 Å². The van der Waals surface area contributed by atoms with Crippen molar-refractivity contribution in [2.75, 3.05) is 11.5 Å². The van der Waals surface area contributed by atoms with Crippen molar-refractivity contribution in [1.29, 1.82) is 0 Å². The van der Waals surface area contributed by atoms with E-state index in [0.717, 1.165) is 18.6 Å². The van der Waals surface area contributed by atoms with Gasteiger partial charge in [0, 0.05) is 6.04 Å². The molecule has 0 radical (unpaired) electrons. The van der Waals surface area contributed by atoms with E-state index in [1.807, 2.05) is 12.1 Å². The Hall–Kier alpha value is -2.90. The number of carbonyl (C=O) groups is 1. The zero-order valence-electron chi connectivity index (χ0n) is 15.3. The molecule has 0 atom stereocenters. The number of rotatable bonds is 6. The lowest BCUT2D eigenvalue weighted by molar-refractivity contribution is 0.0517. The van der Waals surface area contributed by atoms with Gasteiger partial charge in [-0.15, -0.1) is 0 Å². The van der Waals surface area contributed by atoms with Crippen molar-refractivity contribution < 1.29 is 18.5 Å². The van der Waals surface area contributed by atoms with Crippen LogP contribution in [0.15, 0.2) is 33.7 Å². The summed E-state index contributed by atoms with van der Waals surface area (Å²) >= 11 is 0. The molecule has 8 heteroatoms. The SMILES string of the molecule is CCOC(=O)c1noc2ncnc(N(Cc3ccco3)C3CCCCC3)c12. The standard InChI is InChI=1S/C19H22N4O4/c1-2-25-19(24)16-15-17(20-12-21-18(15)27-22-16)23(11-14-9-6-10-26-14)13-7-4-3-5-8-13/h6,9-10,12-13H,2-5,7-8,11H2,1H3. The highest BCUT2D eigenvalue weighted by atomic mass is 16.5. The van der Waals surface area contributed by atoms with Gasteiger partial charge < -0.3 is 18.6 Å². The van der Waals surface area contributed by atoms with Gasteiger partial charge >= 0.3 is 5.97 Å². The van der Waals surface area contributed by atoms with E-state index in [9.17, 15) is 4.79 Å². The first kappa shape index (κ1) is 17.5. The zero-order chi connectivity index (χ0) is 18.6. The molecule has 27 heavy (non-hydrogen) atoms. The third-order valence-corrected chi connectivity index (χ3v) is 4.92. The number of hydrogen-bond donors (Lipinski definition) is 0. The molecule has 0 amide bonds. The molecule has 1 saturated carbocycles. The van der Waals surface area contributed by atoms with Crippen LogP contribution in [-0.2, 0) is 11.3 Å². The minimum absolute atomic E-state index is 0.114. The second-order valence-electron chi connectivity index (χ2n) is 6.63. The van der Waals surface area contributed by atoms with E-state index in [1.165, 1.54) is 25.6 Å². The van der Waals surface area contributed by atoms with Crippen LogP contribution < -0.4 is 4.90 Å². The van der Waals surface area contributed by atoms with Crippen molar-refractivity contribution in [2.24, 2.45) is 0 Å². The van der Waals surface area contributed by atoms with Gasteiger partial charge in [0.2, 0.25) is 5.69 Å². The van der Waals surface area contributed by atoms with Crippen LogP contribution in [0.2, 0.25) is 0 Å². The summed E-state index contributed by atoms with van der Waals surface area (Å²) in [5.74, 6) is 0.933. The Morgan fingerprint density at radius 2 is 2.15 bits per heavy atom. The minimum Gasteiger partial charge on any atom is -0.467 e. The Bertz CT molecular complexity index is 900. The fourth-order valence-electron chi connectivity index (χ4n) is 3.67. The average Bonchev–Trinajstić information content (AvgIpc) is 3.36. The van der Waals surface area contributed by atoms with Crippen LogP contribution in [0.4, 0.5) is 5.82 Å². The number of nitrogens with zero attached hydrogens (tertiary/aromatic N) is 4. The summed E-state index contributed by atoms with van der Waals surface area (Å²) in [6, 6.07) is 4.11. The maximum atomic E-state index is 12.4. The number of anilines is 1. The van der Waals surface area contributed by atoms with Crippen molar-refractivity contribution >= 4 is 22.9 Å². The molecular formula is C19H22N4O4. The van der Waals surface area contributed by atoms with Crippen LogP contribution >= 0.6 is 0 Å². The second-order valence-corrected chi connectivity index (χ2v) is 6.63. The zero-order valence-corrected chi connectivity index (χ0v) is 15.3. The molecule has 3 aromatic rings. The molecule has 4 rings (SSSR count). The molecule has 0 saturated heterocycles. The molecule has 1 aliphatic carbocycles. The molecule has 1 fully saturated rings. The first-order valence-electron chi connectivity index (χ1n) is 9.34. The fourth-order valence-corrected chi connectivity index (χ4v) is 3.67. The van der Waals surface area contributed by atoms with E-state index in [4.69, 9.17) is 13.7 Å². The normalized spacial score (nSPS) is 15.1. The van der Waals surface area contributed by atoms with Gasteiger partial charge in [0.05, 0.1) is 19.4 Å². The van der Waals surface area contributed by atoms with Crippen LogP contribution in [0.5, 0.6) is 0 Å². The van der Waals surface area contributed by atoms with Crippen LogP contribution in [0.3, 0.4) is 0 Å². The highest BCUT2D eigenvalue weighted by Crippen LogP contribution is 2.33. The van der Waals surface area contributed by atoms with Crippen molar-refractivity contribution in [3.63, 3.8) is 0 Å². The molecule has 0 N–H and O–H groups in total. The number of carbonyl (C=O) groups excluding carboxylic acids is 1. The minimum atomic E-state index is -0.533. The predicted octanol–water partition coefficient (Wildman–Crippen LogP) is 3.73. The van der Waals surface area contributed by atoms with Gasteiger partial charge in [0.25, 0.3) is 5.71 Å². The summed E-state index contributed by atoms with van der Waals surface area (Å²) in [5.41, 5.74) is 0.394. The van der Waals surface area contributed by atoms with Crippen molar-refractivity contribution in [2.45, 2.75) is 51.6 Å². The molecule has 0 aliphatic heterocycles. The van der Waals surface area contributed by atoms with Crippen molar-refractivity contribution in [3.05, 3.63) is 36.2 Å². The monoisotopic (exact) mass is 370 g/mol. The van der Waals surface area contributed by atoms with Crippen molar-refractivity contribution in [3.8, 4) is 0 Å². The highest BCUT2D eigenvalue weighted by Gasteiger charge is 2.29. The van der Waals surface area contributed by atoms with Crippen LogP contribution in [0, 0.1) is 0 Å². The smallest absolute Gasteiger partial charge is 0.361 e. The van der Waals surface area contributed by atoms with Gasteiger partial charge in [0.1, 0.15) is 23.3 Å². The maximum absolute atomic E-state index is 12.4. The van der Waals surface area contributed by atoms with E-state index in [-0.39, 0.29) is 18.0 Å². The van der Waals surface area contributed by atoms with Gasteiger partial charge in [0.15, 0.2) is 0 Å². The number of esters is 1. The molecule has 0 bridgehead atoms. The van der Waals surface area contributed by atoms with Gasteiger partial charge in [-0.3, -0.25) is 0 Å². The van der Waals surface area contributed by atoms with Crippen molar-refractivity contribution in [1.82, 2.24) is 15.1 Å². The highest BCUT2D eigenvalue weighted by molar-refractivity contribution is 6.04. The Kier molecular flexibility index (Phi) is 5.04. The molecule has 8 nitrogen and oxygen atoms in total. The quantitative estimate of drug-likeness (QED) is 0.606. The molecule has 3 heterocycles. The van der Waals surface area contributed by atoms with Gasteiger partial charge in [-0.25, -0.2) is 9.78 Å². The molecular weight excluding hydrogens is 348 g/mol. The predicted molar refractivity (Wildman–Crippen MR) is 97.3 cm³/mol. The van der Waals surface area contributed by atoms with E-state index in [0.29, 0.717) is 23.8 Å². The number of fused-ring (bicyclic) bond motifs is 1. The third kappa shape index (κ3) is 3.51. The molecule has 0 unspecified atom stereocenters. The maximum Gasteiger partial charge on any atom is 0.361 e. The number of furan rings is 1. The van der Waals surface area contributed by atoms with E-state index in [2.05, 4.69) is 20.0 Å². The summed E-state index contributed by atoms with van der Waals surface area (Å²) in [6.07, 6.45) is 8.80. The fraction of sp³-hybridized carbons (Fsp3) is 0.474. The molecule has 0 aromatic carbocycles. The molecule has 3 aromatic heterocycles. The lowest BCUT2D eigenvalue weighted by Gasteiger charge is -2.34. The first-order chi connectivity index (χ1) is 13.3. The van der Waals surface area contributed by atoms with E-state index >= 15 is 0 Å². The Labute approximate surface area is 156 Å². The third-order valence-electron chi connectivity index (χ3n) is 4.92. The summed E-state index contributed by atoms with van der Waals surface area (Å²) in [4.78, 5) is 23.2. The topological polar surface area (TPSA) is 94.5 Å². The van der Waals surface area contributed by atoms with Crippen LogP contribution in [-0.4, -0.2) is 33.7 Å². The summed E-state index contributed by atoms with van der Waals surface area (Å²) in [7, 11) is 0.